The normalized spacial score (nSPS) is 11.0. The molecule has 0 atom stereocenters. The van der Waals surface area contributed by atoms with E-state index in [-0.39, 0.29) is 5.28 Å². The first kappa shape index (κ1) is 16.4. The molecule has 0 unspecified atom stereocenters. The van der Waals surface area contributed by atoms with Gasteiger partial charge in [-0.1, -0.05) is 13.3 Å². The van der Waals surface area contributed by atoms with E-state index in [9.17, 15) is 9.18 Å². The SMILES string of the molecule is CCCCOC(=O)n1c(-c2cnc(Cl)nc2)cc2ccc(F)cc21. The smallest absolute Gasteiger partial charge is 0.418 e. The van der Waals surface area contributed by atoms with E-state index in [0.717, 1.165) is 12.8 Å². The maximum Gasteiger partial charge on any atom is 0.418 e. The summed E-state index contributed by atoms with van der Waals surface area (Å²) in [5.74, 6) is -0.429. The molecule has 1 aromatic carbocycles. The fourth-order valence-electron chi connectivity index (χ4n) is 2.40. The van der Waals surface area contributed by atoms with Crippen molar-refractivity contribution in [2.45, 2.75) is 19.8 Å². The van der Waals surface area contributed by atoms with Crippen molar-refractivity contribution in [3.63, 3.8) is 0 Å². The van der Waals surface area contributed by atoms with Crippen molar-refractivity contribution in [3.05, 3.63) is 47.8 Å². The molecule has 2 aromatic heterocycles. The first-order valence-corrected chi connectivity index (χ1v) is 7.94. The largest absolute Gasteiger partial charge is 0.449 e. The van der Waals surface area contributed by atoms with Crippen molar-refractivity contribution in [1.29, 1.82) is 0 Å². The van der Waals surface area contributed by atoms with Crippen molar-refractivity contribution in [3.8, 4) is 11.3 Å². The second-order valence-electron chi connectivity index (χ2n) is 5.28. The number of aromatic nitrogens is 3. The van der Waals surface area contributed by atoms with Gasteiger partial charge in [-0.3, -0.25) is 0 Å². The average molecular weight is 348 g/mol. The molecule has 0 saturated heterocycles. The monoisotopic (exact) mass is 347 g/mol. The summed E-state index contributed by atoms with van der Waals surface area (Å²) >= 11 is 5.72. The summed E-state index contributed by atoms with van der Waals surface area (Å²) in [5.41, 5.74) is 1.54. The number of benzene rings is 1. The van der Waals surface area contributed by atoms with Gasteiger partial charge in [-0.2, -0.15) is 0 Å². The topological polar surface area (TPSA) is 57.0 Å². The van der Waals surface area contributed by atoms with E-state index in [1.807, 2.05) is 6.92 Å². The Kier molecular flexibility index (Phi) is 4.76. The van der Waals surface area contributed by atoms with Crippen molar-refractivity contribution in [2.75, 3.05) is 6.61 Å². The number of unbranched alkanes of at least 4 members (excludes halogenated alkanes) is 1. The van der Waals surface area contributed by atoms with Crippen LogP contribution in [0.1, 0.15) is 19.8 Å². The number of fused-ring (bicyclic) bond motifs is 1. The van der Waals surface area contributed by atoms with Gasteiger partial charge < -0.3 is 4.74 Å². The molecule has 0 spiro atoms. The van der Waals surface area contributed by atoms with Crippen molar-refractivity contribution in [1.82, 2.24) is 14.5 Å². The number of hydrogen-bond donors (Lipinski definition) is 0. The van der Waals surface area contributed by atoms with Crippen LogP contribution in [0.4, 0.5) is 9.18 Å². The van der Waals surface area contributed by atoms with Crippen LogP contribution >= 0.6 is 11.6 Å². The van der Waals surface area contributed by atoms with Gasteiger partial charge in [0.05, 0.1) is 17.8 Å². The minimum atomic E-state index is -0.561. The van der Waals surface area contributed by atoms with E-state index < -0.39 is 11.9 Å². The van der Waals surface area contributed by atoms with E-state index in [4.69, 9.17) is 16.3 Å². The molecular formula is C17H15ClFN3O2. The molecule has 24 heavy (non-hydrogen) atoms. The third-order valence-electron chi connectivity index (χ3n) is 3.59. The van der Waals surface area contributed by atoms with Crippen molar-refractivity contribution in [2.24, 2.45) is 0 Å². The Hall–Kier alpha value is -2.47. The Morgan fingerprint density at radius 3 is 2.75 bits per heavy atom. The van der Waals surface area contributed by atoms with E-state index in [2.05, 4.69) is 9.97 Å². The molecule has 0 amide bonds. The first-order valence-electron chi connectivity index (χ1n) is 7.56. The van der Waals surface area contributed by atoms with Crippen LogP contribution in [-0.4, -0.2) is 27.2 Å². The van der Waals surface area contributed by atoms with Gasteiger partial charge in [0.25, 0.3) is 0 Å². The van der Waals surface area contributed by atoms with Crippen LogP contribution in [0.2, 0.25) is 5.28 Å². The molecule has 0 bridgehead atoms. The summed E-state index contributed by atoms with van der Waals surface area (Å²) < 4.78 is 20.3. The van der Waals surface area contributed by atoms with Gasteiger partial charge in [-0.15, -0.1) is 0 Å². The summed E-state index contributed by atoms with van der Waals surface area (Å²) in [6.45, 7) is 2.31. The highest BCUT2D eigenvalue weighted by Crippen LogP contribution is 2.28. The van der Waals surface area contributed by atoms with Gasteiger partial charge in [0.1, 0.15) is 5.82 Å². The van der Waals surface area contributed by atoms with Gasteiger partial charge in [0.15, 0.2) is 0 Å². The van der Waals surface area contributed by atoms with Crippen LogP contribution in [0.15, 0.2) is 36.7 Å². The van der Waals surface area contributed by atoms with Crippen LogP contribution < -0.4 is 0 Å². The molecule has 7 heteroatoms. The number of halogens is 2. The minimum absolute atomic E-state index is 0.109. The Labute approximate surface area is 143 Å². The number of hydrogen-bond acceptors (Lipinski definition) is 4. The van der Waals surface area contributed by atoms with Crippen LogP contribution in [0, 0.1) is 5.82 Å². The zero-order valence-corrected chi connectivity index (χ0v) is 13.8. The van der Waals surface area contributed by atoms with Crippen LogP contribution in [0.3, 0.4) is 0 Å². The fourth-order valence-corrected chi connectivity index (χ4v) is 2.49. The number of nitrogens with zero attached hydrogens (tertiary/aromatic N) is 3. The summed E-state index contributed by atoms with van der Waals surface area (Å²) in [6, 6.07) is 6.02. The van der Waals surface area contributed by atoms with E-state index in [1.54, 1.807) is 12.1 Å². The molecular weight excluding hydrogens is 333 g/mol. The third-order valence-corrected chi connectivity index (χ3v) is 3.78. The van der Waals surface area contributed by atoms with Crippen LogP contribution in [-0.2, 0) is 4.74 Å². The maximum atomic E-state index is 13.6. The maximum absolute atomic E-state index is 13.6. The first-order chi connectivity index (χ1) is 11.6. The molecule has 0 N–H and O–H groups in total. The lowest BCUT2D eigenvalue weighted by atomic mass is 10.2. The molecule has 0 radical (unpaired) electrons. The van der Waals surface area contributed by atoms with Crippen molar-refractivity contribution >= 4 is 28.6 Å². The second-order valence-corrected chi connectivity index (χ2v) is 5.61. The molecule has 3 rings (SSSR count). The standard InChI is InChI=1S/C17H15ClFN3O2/c1-2-3-6-24-17(23)22-14(12-9-20-16(18)21-10-12)7-11-4-5-13(19)8-15(11)22/h4-5,7-10H,2-3,6H2,1H3. The summed E-state index contributed by atoms with van der Waals surface area (Å²) in [5, 5.41) is 0.826. The van der Waals surface area contributed by atoms with Crippen molar-refractivity contribution < 1.29 is 13.9 Å². The Morgan fingerprint density at radius 1 is 1.29 bits per heavy atom. The fraction of sp³-hybridized carbons (Fsp3) is 0.235. The molecule has 124 valence electrons. The molecule has 2 heterocycles. The van der Waals surface area contributed by atoms with Crippen LogP contribution in [0.5, 0.6) is 0 Å². The molecule has 5 nitrogen and oxygen atoms in total. The van der Waals surface area contributed by atoms with Gasteiger partial charge >= 0.3 is 6.09 Å². The van der Waals surface area contributed by atoms with Gasteiger partial charge in [-0.25, -0.2) is 23.7 Å². The lowest BCUT2D eigenvalue weighted by molar-refractivity contribution is 0.147. The summed E-state index contributed by atoms with van der Waals surface area (Å²) in [6.07, 6.45) is 4.13. The van der Waals surface area contributed by atoms with Gasteiger partial charge in [-0.05, 0) is 42.3 Å². The second kappa shape index (κ2) is 6.97. The van der Waals surface area contributed by atoms with Gasteiger partial charge in [0, 0.05) is 23.3 Å². The zero-order chi connectivity index (χ0) is 17.1. The molecule has 0 aliphatic carbocycles. The number of rotatable bonds is 4. The van der Waals surface area contributed by atoms with E-state index in [1.165, 1.54) is 29.1 Å². The highest BCUT2D eigenvalue weighted by Gasteiger charge is 2.18. The highest BCUT2D eigenvalue weighted by atomic mass is 35.5. The lowest BCUT2D eigenvalue weighted by Gasteiger charge is -2.10. The lowest BCUT2D eigenvalue weighted by Crippen LogP contribution is -2.15. The van der Waals surface area contributed by atoms with Gasteiger partial charge in [0.2, 0.25) is 5.28 Å². The quantitative estimate of drug-likeness (QED) is 0.508. The average Bonchev–Trinajstić information content (AvgIpc) is 2.94. The molecule has 0 saturated carbocycles. The summed E-state index contributed by atoms with van der Waals surface area (Å²) in [7, 11) is 0. The molecule has 0 aliphatic rings. The predicted octanol–water partition coefficient (Wildman–Crippen LogP) is 4.68. The summed E-state index contributed by atoms with van der Waals surface area (Å²) in [4.78, 5) is 20.4. The molecule has 0 fully saturated rings. The predicted molar refractivity (Wildman–Crippen MR) is 89.6 cm³/mol. The zero-order valence-electron chi connectivity index (χ0n) is 13.0. The highest BCUT2D eigenvalue weighted by molar-refractivity contribution is 6.28. The molecule has 0 aliphatic heterocycles. The number of carbonyl (C=O) groups excluding carboxylic acids is 1. The number of ether oxygens (including phenoxy) is 1. The Bertz CT molecular complexity index is 877. The van der Waals surface area contributed by atoms with E-state index in [0.29, 0.717) is 28.8 Å². The molecule has 3 aromatic rings. The third kappa shape index (κ3) is 3.23. The van der Waals surface area contributed by atoms with Crippen LogP contribution in [0.25, 0.3) is 22.2 Å². The Balaban J connectivity index is 2.11. The number of carbonyl (C=O) groups is 1. The van der Waals surface area contributed by atoms with E-state index >= 15 is 0 Å². The Morgan fingerprint density at radius 2 is 2.04 bits per heavy atom. The minimum Gasteiger partial charge on any atom is -0.449 e.